The van der Waals surface area contributed by atoms with Crippen molar-refractivity contribution in [1.29, 1.82) is 0 Å². The Labute approximate surface area is 203 Å². The summed E-state index contributed by atoms with van der Waals surface area (Å²) in [7, 11) is 0. The van der Waals surface area contributed by atoms with Gasteiger partial charge in [0, 0.05) is 36.3 Å². The van der Waals surface area contributed by atoms with Crippen LogP contribution in [0.4, 0.5) is 19.0 Å². The number of benzene rings is 1. The number of aromatic nitrogens is 1. The third kappa shape index (κ3) is 5.78. The van der Waals surface area contributed by atoms with Crippen molar-refractivity contribution in [2.45, 2.75) is 63.3 Å². The van der Waals surface area contributed by atoms with E-state index in [0.717, 1.165) is 29.5 Å². The minimum absolute atomic E-state index is 0.000652. The number of nitrogens with two attached hydrogens (primary N) is 1. The molecule has 1 saturated carbocycles. The van der Waals surface area contributed by atoms with Crippen molar-refractivity contribution in [3.05, 3.63) is 47.7 Å². The molecule has 1 aromatic heterocycles. The monoisotopic (exact) mass is 490 g/mol. The van der Waals surface area contributed by atoms with Gasteiger partial charge in [-0.05, 0) is 48.8 Å². The fourth-order valence-electron chi connectivity index (χ4n) is 5.37. The summed E-state index contributed by atoms with van der Waals surface area (Å²) in [6.45, 7) is 3.86. The first-order valence-electron chi connectivity index (χ1n) is 12.1. The minimum Gasteiger partial charge on any atom is -0.393 e. The largest absolute Gasteiger partial charge is 0.401 e. The number of aliphatic hydroxyl groups is 1. The Kier molecular flexibility index (Phi) is 7.11. The van der Waals surface area contributed by atoms with Crippen LogP contribution < -0.4 is 11.1 Å². The number of hydrogen-bond acceptors (Lipinski definition) is 5. The third-order valence-corrected chi connectivity index (χ3v) is 7.65. The Morgan fingerprint density at radius 1 is 1.20 bits per heavy atom. The lowest BCUT2D eigenvalue weighted by Gasteiger charge is -2.29. The molecule has 190 valence electrons. The van der Waals surface area contributed by atoms with Crippen LogP contribution in [0.5, 0.6) is 0 Å². The number of hydrogen-bond donors (Lipinski definition) is 3. The normalized spacial score (nSPS) is 27.7. The van der Waals surface area contributed by atoms with Gasteiger partial charge in [0.05, 0.1) is 18.2 Å². The van der Waals surface area contributed by atoms with Crippen LogP contribution in [0, 0.1) is 5.92 Å². The lowest BCUT2D eigenvalue weighted by Crippen LogP contribution is -2.38. The van der Waals surface area contributed by atoms with E-state index >= 15 is 0 Å². The molecule has 4 rings (SSSR count). The van der Waals surface area contributed by atoms with Gasteiger partial charge in [-0.1, -0.05) is 38.1 Å². The van der Waals surface area contributed by atoms with Gasteiger partial charge in [0.15, 0.2) is 0 Å². The van der Waals surface area contributed by atoms with Crippen molar-refractivity contribution in [1.82, 2.24) is 15.2 Å². The summed E-state index contributed by atoms with van der Waals surface area (Å²) in [6, 6.07) is 9.45. The highest BCUT2D eigenvalue weighted by Crippen LogP contribution is 2.40. The summed E-state index contributed by atoms with van der Waals surface area (Å²) in [6.07, 6.45) is -0.128. The average Bonchev–Trinajstić information content (AvgIpc) is 3.08. The van der Waals surface area contributed by atoms with Gasteiger partial charge < -0.3 is 16.2 Å². The second-order valence-electron chi connectivity index (χ2n) is 10.3. The SMILES string of the molecule is C[C@@H]1CN(CC(F)(F)F)C[C@@]1(C)c1ccc(-c2cnc(N)c(C(=O)N[C@H]3CC[C@H](O)CC3)c2)cc1. The standard InChI is InChI=1S/C26H33F3N4O2/c1-16-13-33(15-26(27,28)29)14-25(16,2)19-5-3-17(4-6-19)18-11-22(23(30)31-12-18)24(35)32-20-7-9-21(34)10-8-20/h3-6,11-12,16,20-21,34H,7-10,13-15H2,1-2H3,(H2,30,31)(H,32,35)/t16-,20-,21-,25-/m1/s1. The summed E-state index contributed by atoms with van der Waals surface area (Å²) in [5, 5.41) is 12.7. The number of anilines is 1. The number of carbonyl (C=O) groups is 1. The molecule has 2 aliphatic rings. The zero-order valence-corrected chi connectivity index (χ0v) is 20.1. The van der Waals surface area contributed by atoms with E-state index in [4.69, 9.17) is 5.73 Å². The highest BCUT2D eigenvalue weighted by Gasteiger charge is 2.44. The van der Waals surface area contributed by atoms with Gasteiger partial charge in [-0.2, -0.15) is 13.2 Å². The fourth-order valence-corrected chi connectivity index (χ4v) is 5.37. The van der Waals surface area contributed by atoms with Crippen molar-refractivity contribution < 1.29 is 23.1 Å². The predicted molar refractivity (Wildman–Crippen MR) is 129 cm³/mol. The number of aliphatic hydroxyl groups excluding tert-OH is 1. The van der Waals surface area contributed by atoms with Crippen LogP contribution in [0.1, 0.15) is 55.5 Å². The average molecular weight is 491 g/mol. The molecule has 1 aliphatic carbocycles. The number of amides is 1. The van der Waals surface area contributed by atoms with Crippen molar-refractivity contribution >= 4 is 11.7 Å². The molecule has 35 heavy (non-hydrogen) atoms. The van der Waals surface area contributed by atoms with E-state index in [1.807, 2.05) is 38.1 Å². The molecule has 2 fully saturated rings. The number of pyridine rings is 1. The van der Waals surface area contributed by atoms with Crippen molar-refractivity contribution in [2.24, 2.45) is 5.92 Å². The Morgan fingerprint density at radius 3 is 2.49 bits per heavy atom. The van der Waals surface area contributed by atoms with Crippen LogP contribution in [-0.2, 0) is 5.41 Å². The molecule has 0 bridgehead atoms. The number of halogens is 3. The van der Waals surface area contributed by atoms with Gasteiger partial charge in [0.1, 0.15) is 5.82 Å². The van der Waals surface area contributed by atoms with Crippen molar-refractivity contribution in [3.63, 3.8) is 0 Å². The van der Waals surface area contributed by atoms with Crippen LogP contribution in [0.3, 0.4) is 0 Å². The van der Waals surface area contributed by atoms with Crippen LogP contribution in [0.25, 0.3) is 11.1 Å². The highest BCUT2D eigenvalue weighted by molar-refractivity contribution is 5.99. The maximum absolute atomic E-state index is 12.9. The van der Waals surface area contributed by atoms with Gasteiger partial charge in [-0.3, -0.25) is 9.69 Å². The number of likely N-dealkylation sites (tertiary alicyclic amines) is 1. The molecule has 1 amide bonds. The maximum Gasteiger partial charge on any atom is 0.401 e. The summed E-state index contributed by atoms with van der Waals surface area (Å²) in [5.74, 6) is -0.0623. The van der Waals surface area contributed by atoms with E-state index in [1.165, 1.54) is 4.90 Å². The lowest BCUT2D eigenvalue weighted by atomic mass is 9.75. The van der Waals surface area contributed by atoms with Crippen LogP contribution in [-0.4, -0.2) is 58.9 Å². The molecule has 9 heteroatoms. The molecule has 0 radical (unpaired) electrons. The first kappa shape index (κ1) is 25.4. The van der Waals surface area contributed by atoms with E-state index in [9.17, 15) is 23.1 Å². The molecule has 0 unspecified atom stereocenters. The second kappa shape index (κ2) is 9.78. The molecule has 0 spiro atoms. The van der Waals surface area contributed by atoms with Gasteiger partial charge in [-0.15, -0.1) is 0 Å². The van der Waals surface area contributed by atoms with E-state index < -0.39 is 12.7 Å². The quantitative estimate of drug-likeness (QED) is 0.586. The minimum atomic E-state index is -4.21. The van der Waals surface area contributed by atoms with Crippen molar-refractivity contribution in [2.75, 3.05) is 25.4 Å². The van der Waals surface area contributed by atoms with E-state index in [2.05, 4.69) is 10.3 Å². The van der Waals surface area contributed by atoms with Gasteiger partial charge in [0.2, 0.25) is 0 Å². The first-order valence-corrected chi connectivity index (χ1v) is 12.1. The highest BCUT2D eigenvalue weighted by atomic mass is 19.4. The maximum atomic E-state index is 12.9. The number of carbonyl (C=O) groups excluding carboxylic acids is 1. The smallest absolute Gasteiger partial charge is 0.393 e. The molecular formula is C26H33F3N4O2. The third-order valence-electron chi connectivity index (χ3n) is 7.65. The molecule has 1 saturated heterocycles. The fraction of sp³-hybridized carbons (Fsp3) is 0.538. The lowest BCUT2D eigenvalue weighted by molar-refractivity contribution is -0.144. The number of rotatable bonds is 5. The summed E-state index contributed by atoms with van der Waals surface area (Å²) in [4.78, 5) is 18.5. The van der Waals surface area contributed by atoms with Crippen LogP contribution >= 0.6 is 0 Å². The van der Waals surface area contributed by atoms with E-state index in [-0.39, 0.29) is 35.2 Å². The molecule has 2 heterocycles. The number of nitrogens with one attached hydrogen (secondary N) is 1. The molecule has 6 nitrogen and oxygen atoms in total. The number of nitrogen functional groups attached to an aromatic ring is 1. The van der Waals surface area contributed by atoms with Gasteiger partial charge >= 0.3 is 6.18 Å². The van der Waals surface area contributed by atoms with Gasteiger partial charge in [0.25, 0.3) is 5.91 Å². The summed E-state index contributed by atoms with van der Waals surface area (Å²) >= 11 is 0. The van der Waals surface area contributed by atoms with E-state index in [0.29, 0.717) is 31.5 Å². The Morgan fingerprint density at radius 2 is 1.86 bits per heavy atom. The predicted octanol–water partition coefficient (Wildman–Crippen LogP) is 4.14. The molecule has 4 N–H and O–H groups in total. The van der Waals surface area contributed by atoms with Gasteiger partial charge in [-0.25, -0.2) is 4.98 Å². The summed E-state index contributed by atoms with van der Waals surface area (Å²) in [5.41, 5.74) is 8.48. The number of alkyl halides is 3. The summed E-state index contributed by atoms with van der Waals surface area (Å²) < 4.78 is 38.7. The Bertz CT molecular complexity index is 1050. The second-order valence-corrected chi connectivity index (χ2v) is 10.3. The van der Waals surface area contributed by atoms with Crippen LogP contribution in [0.15, 0.2) is 36.5 Å². The first-order chi connectivity index (χ1) is 16.4. The molecule has 1 aliphatic heterocycles. The molecule has 1 aromatic carbocycles. The number of nitrogens with zero attached hydrogens (tertiary/aromatic N) is 2. The Hall–Kier alpha value is -2.65. The van der Waals surface area contributed by atoms with Crippen molar-refractivity contribution in [3.8, 4) is 11.1 Å². The molecular weight excluding hydrogens is 457 g/mol. The Balaban J connectivity index is 1.49. The zero-order chi connectivity index (χ0) is 25.4. The molecule has 2 aromatic rings. The topological polar surface area (TPSA) is 91.5 Å². The zero-order valence-electron chi connectivity index (χ0n) is 20.1. The molecule has 2 atom stereocenters. The van der Waals surface area contributed by atoms with E-state index in [1.54, 1.807) is 12.3 Å². The van der Waals surface area contributed by atoms with Crippen LogP contribution in [0.2, 0.25) is 0 Å².